The molecule has 0 saturated carbocycles. The molecule has 0 unspecified atom stereocenters. The summed E-state index contributed by atoms with van der Waals surface area (Å²) in [7, 11) is 4.38. The molecule has 2 heterocycles. The molecule has 0 radical (unpaired) electrons. The Morgan fingerprint density at radius 2 is 1.38 bits per heavy atom. The van der Waals surface area contributed by atoms with Crippen LogP contribution in [-0.4, -0.2) is 62.2 Å². The van der Waals surface area contributed by atoms with E-state index in [1.807, 2.05) is 13.8 Å². The van der Waals surface area contributed by atoms with Crippen LogP contribution in [0.25, 0.3) is 0 Å². The minimum atomic E-state index is 0.730. The van der Waals surface area contributed by atoms with Gasteiger partial charge in [-0.25, -0.2) is 0 Å². The molecule has 3 heteroatoms. The molecule has 0 N–H and O–H groups in total. The van der Waals surface area contributed by atoms with Gasteiger partial charge in [-0.2, -0.15) is 0 Å². The van der Waals surface area contributed by atoms with Crippen molar-refractivity contribution in [2.24, 2.45) is 0 Å². The van der Waals surface area contributed by atoms with E-state index in [9.17, 15) is 0 Å². The molecule has 2 aliphatic rings. The monoisotopic (exact) mass is 361 g/mol. The zero-order valence-electron chi connectivity index (χ0n) is 18.5. The molecule has 150 valence electrons. The molecule has 3 nitrogen and oxygen atoms in total. The van der Waals surface area contributed by atoms with Crippen LogP contribution < -0.4 is 4.90 Å². The summed E-state index contributed by atoms with van der Waals surface area (Å²) >= 11 is 0. The van der Waals surface area contributed by atoms with Gasteiger partial charge in [-0.15, -0.1) is 0 Å². The Hall–Kier alpha value is -1.06. The summed E-state index contributed by atoms with van der Waals surface area (Å²) in [6.45, 7) is 15.7. The summed E-state index contributed by atoms with van der Waals surface area (Å²) < 4.78 is 0. The van der Waals surface area contributed by atoms with E-state index >= 15 is 0 Å². The van der Waals surface area contributed by atoms with E-state index in [0.717, 1.165) is 12.1 Å². The quantitative estimate of drug-likeness (QED) is 0.746. The summed E-state index contributed by atoms with van der Waals surface area (Å²) in [5, 5.41) is 0. The maximum absolute atomic E-state index is 2.57. The Balaban J connectivity index is 0.000000238. The van der Waals surface area contributed by atoms with Crippen LogP contribution in [0.5, 0.6) is 0 Å². The van der Waals surface area contributed by atoms with Gasteiger partial charge in [0.2, 0.25) is 0 Å². The second kappa shape index (κ2) is 12.3. The Morgan fingerprint density at radius 3 is 1.81 bits per heavy atom. The van der Waals surface area contributed by atoms with E-state index in [-0.39, 0.29) is 0 Å². The predicted molar refractivity (Wildman–Crippen MR) is 117 cm³/mol. The number of nitrogens with zero attached hydrogens (tertiary/aromatic N) is 3. The van der Waals surface area contributed by atoms with Crippen LogP contribution in [0.15, 0.2) is 24.3 Å². The van der Waals surface area contributed by atoms with E-state index in [4.69, 9.17) is 0 Å². The van der Waals surface area contributed by atoms with Gasteiger partial charge >= 0.3 is 0 Å². The van der Waals surface area contributed by atoms with Crippen molar-refractivity contribution in [2.45, 2.75) is 72.4 Å². The number of rotatable bonds is 3. The number of hydrogen-bond donors (Lipinski definition) is 0. The number of aryl methyl sites for hydroxylation is 1. The van der Waals surface area contributed by atoms with Crippen molar-refractivity contribution in [3.63, 3.8) is 0 Å². The summed E-state index contributed by atoms with van der Waals surface area (Å²) in [5.41, 5.74) is 2.73. The molecular formula is C23H43N3. The highest BCUT2D eigenvalue weighted by atomic mass is 15.2. The first-order valence-electron chi connectivity index (χ1n) is 10.7. The lowest BCUT2D eigenvalue weighted by Gasteiger charge is -2.37. The maximum Gasteiger partial charge on any atom is 0.0366 e. The molecule has 2 aliphatic heterocycles. The first-order chi connectivity index (χ1) is 12.5. The SMILES string of the molecule is CC.CC(C)N1CCC(N(C)C)CC1.Cc1ccc(N2CCCC2)cc1. The highest BCUT2D eigenvalue weighted by Gasteiger charge is 2.21. The molecule has 0 amide bonds. The number of hydrogen-bond acceptors (Lipinski definition) is 3. The number of piperidine rings is 1. The van der Waals surface area contributed by atoms with E-state index in [2.05, 4.69) is 73.8 Å². The molecule has 0 aliphatic carbocycles. The molecular weight excluding hydrogens is 318 g/mol. The standard InChI is InChI=1S/C11H15N.C10H22N2.C2H6/c1-10-4-6-11(7-5-10)12-8-2-3-9-12;1-9(2)12-7-5-10(6-8-12)11(3)4;1-2/h4-7H,2-3,8-9H2,1H3;9-10H,5-8H2,1-4H3;1-2H3. The van der Waals surface area contributed by atoms with Crippen molar-refractivity contribution < 1.29 is 0 Å². The minimum absolute atomic E-state index is 0.730. The second-order valence-corrected chi connectivity index (χ2v) is 7.85. The van der Waals surface area contributed by atoms with E-state index in [1.165, 1.54) is 63.1 Å². The smallest absolute Gasteiger partial charge is 0.0366 e. The summed E-state index contributed by atoms with van der Waals surface area (Å²) in [4.78, 5) is 7.39. The van der Waals surface area contributed by atoms with Crippen molar-refractivity contribution in [1.82, 2.24) is 9.80 Å². The zero-order valence-corrected chi connectivity index (χ0v) is 18.5. The topological polar surface area (TPSA) is 9.72 Å². The Bertz CT molecular complexity index is 437. The average molecular weight is 362 g/mol. The second-order valence-electron chi connectivity index (χ2n) is 7.85. The van der Waals surface area contributed by atoms with Gasteiger partial charge in [0.1, 0.15) is 0 Å². The van der Waals surface area contributed by atoms with Crippen LogP contribution in [-0.2, 0) is 0 Å². The molecule has 0 atom stereocenters. The molecule has 0 aromatic heterocycles. The largest absolute Gasteiger partial charge is 0.372 e. The normalized spacial score (nSPS) is 18.4. The summed E-state index contributed by atoms with van der Waals surface area (Å²) in [6.07, 6.45) is 5.39. The highest BCUT2D eigenvalue weighted by Crippen LogP contribution is 2.20. The lowest BCUT2D eigenvalue weighted by atomic mass is 10.0. The van der Waals surface area contributed by atoms with Gasteiger partial charge in [0.15, 0.2) is 0 Å². The van der Waals surface area contributed by atoms with Crippen molar-refractivity contribution in [2.75, 3.05) is 45.2 Å². The van der Waals surface area contributed by atoms with Gasteiger partial charge in [0, 0.05) is 30.9 Å². The fourth-order valence-electron chi connectivity index (χ4n) is 3.65. The number of likely N-dealkylation sites (tertiary alicyclic amines) is 1. The molecule has 2 saturated heterocycles. The van der Waals surface area contributed by atoms with E-state index < -0.39 is 0 Å². The van der Waals surface area contributed by atoms with Gasteiger partial charge in [-0.3, -0.25) is 0 Å². The maximum atomic E-state index is 2.57. The lowest BCUT2D eigenvalue weighted by molar-refractivity contribution is 0.121. The molecule has 0 spiro atoms. The minimum Gasteiger partial charge on any atom is -0.372 e. The van der Waals surface area contributed by atoms with Crippen LogP contribution in [0, 0.1) is 6.92 Å². The molecule has 1 aromatic carbocycles. The Morgan fingerprint density at radius 1 is 0.885 bits per heavy atom. The van der Waals surface area contributed by atoms with Crippen molar-refractivity contribution in [1.29, 1.82) is 0 Å². The highest BCUT2D eigenvalue weighted by molar-refractivity contribution is 5.48. The predicted octanol–water partition coefficient (Wildman–Crippen LogP) is 5.04. The summed E-state index contributed by atoms with van der Waals surface area (Å²) in [6, 6.07) is 10.4. The third-order valence-electron chi connectivity index (χ3n) is 5.46. The summed E-state index contributed by atoms with van der Waals surface area (Å²) in [5.74, 6) is 0. The zero-order chi connectivity index (χ0) is 19.5. The Kier molecular flexibility index (Phi) is 10.9. The lowest BCUT2D eigenvalue weighted by Crippen LogP contribution is -2.44. The van der Waals surface area contributed by atoms with Gasteiger partial charge < -0.3 is 14.7 Å². The van der Waals surface area contributed by atoms with Crippen LogP contribution in [0.3, 0.4) is 0 Å². The van der Waals surface area contributed by atoms with Gasteiger partial charge in [-0.1, -0.05) is 31.5 Å². The molecule has 2 fully saturated rings. The fraction of sp³-hybridized carbons (Fsp3) is 0.739. The molecule has 26 heavy (non-hydrogen) atoms. The third-order valence-corrected chi connectivity index (χ3v) is 5.46. The first kappa shape index (κ1) is 23.0. The van der Waals surface area contributed by atoms with Crippen LogP contribution in [0.2, 0.25) is 0 Å². The van der Waals surface area contributed by atoms with E-state index in [0.29, 0.717) is 0 Å². The molecule has 1 aromatic rings. The van der Waals surface area contributed by atoms with Crippen LogP contribution in [0.4, 0.5) is 5.69 Å². The van der Waals surface area contributed by atoms with Gasteiger partial charge in [0.05, 0.1) is 0 Å². The van der Waals surface area contributed by atoms with Gasteiger partial charge in [-0.05, 0) is 85.8 Å². The first-order valence-corrected chi connectivity index (χ1v) is 10.7. The molecule has 0 bridgehead atoms. The third kappa shape index (κ3) is 7.67. The van der Waals surface area contributed by atoms with Crippen molar-refractivity contribution >= 4 is 5.69 Å². The number of benzene rings is 1. The number of anilines is 1. The fourth-order valence-corrected chi connectivity index (χ4v) is 3.65. The van der Waals surface area contributed by atoms with Crippen LogP contribution in [0.1, 0.15) is 58.9 Å². The van der Waals surface area contributed by atoms with Crippen LogP contribution >= 0.6 is 0 Å². The van der Waals surface area contributed by atoms with Gasteiger partial charge in [0.25, 0.3) is 0 Å². The van der Waals surface area contributed by atoms with Crippen molar-refractivity contribution in [3.05, 3.63) is 29.8 Å². The molecule has 3 rings (SSSR count). The Labute approximate surface area is 163 Å². The van der Waals surface area contributed by atoms with Crippen molar-refractivity contribution in [3.8, 4) is 0 Å². The average Bonchev–Trinajstić information content (AvgIpc) is 3.19. The van der Waals surface area contributed by atoms with E-state index in [1.54, 1.807) is 0 Å².